The van der Waals surface area contributed by atoms with Crippen LogP contribution in [0.15, 0.2) is 48.7 Å². The molecule has 1 unspecified atom stereocenters. The van der Waals surface area contributed by atoms with Crippen molar-refractivity contribution >= 4 is 21.9 Å². The molecule has 0 fully saturated rings. The third-order valence-corrected chi connectivity index (χ3v) is 3.60. The molecular formula is C16H14N4O. The summed E-state index contributed by atoms with van der Waals surface area (Å²) in [4.78, 5) is 7.50. The smallest absolute Gasteiger partial charge is 0.135 e. The average Bonchev–Trinajstić information content (AvgIpc) is 3.10. The first-order valence-corrected chi connectivity index (χ1v) is 6.83. The van der Waals surface area contributed by atoms with Crippen LogP contribution in [0.25, 0.3) is 27.6 Å². The molecule has 4 rings (SSSR count). The zero-order chi connectivity index (χ0) is 14.4. The van der Waals surface area contributed by atoms with Gasteiger partial charge in [-0.3, -0.25) is 0 Å². The van der Waals surface area contributed by atoms with Crippen molar-refractivity contribution in [3.8, 4) is 5.69 Å². The maximum atomic E-state index is 9.61. The Kier molecular flexibility index (Phi) is 2.55. The molecule has 0 saturated heterocycles. The van der Waals surface area contributed by atoms with E-state index in [1.165, 1.54) is 0 Å². The van der Waals surface area contributed by atoms with Crippen LogP contribution in [-0.2, 0) is 0 Å². The van der Waals surface area contributed by atoms with Gasteiger partial charge in [0.15, 0.2) is 0 Å². The third-order valence-electron chi connectivity index (χ3n) is 3.60. The number of nitrogens with one attached hydrogen (secondary N) is 1. The molecule has 0 aliphatic rings. The summed E-state index contributed by atoms with van der Waals surface area (Å²) in [6, 6.07) is 14.0. The highest BCUT2D eigenvalue weighted by atomic mass is 16.3. The van der Waals surface area contributed by atoms with Crippen LogP contribution in [0.1, 0.15) is 18.9 Å². The second-order valence-corrected chi connectivity index (χ2v) is 5.11. The van der Waals surface area contributed by atoms with Crippen molar-refractivity contribution in [2.75, 3.05) is 0 Å². The summed E-state index contributed by atoms with van der Waals surface area (Å²) in [5, 5.41) is 15.2. The number of H-pyrrole nitrogens is 1. The molecule has 2 N–H and O–H groups in total. The average molecular weight is 278 g/mol. The van der Waals surface area contributed by atoms with Gasteiger partial charge in [-0.05, 0) is 31.2 Å². The lowest BCUT2D eigenvalue weighted by molar-refractivity contribution is 0.190. The van der Waals surface area contributed by atoms with E-state index < -0.39 is 6.10 Å². The Morgan fingerprint density at radius 1 is 1.19 bits per heavy atom. The second-order valence-electron chi connectivity index (χ2n) is 5.11. The van der Waals surface area contributed by atoms with Crippen molar-refractivity contribution in [3.63, 3.8) is 0 Å². The van der Waals surface area contributed by atoms with Crippen LogP contribution in [-0.4, -0.2) is 24.9 Å². The van der Waals surface area contributed by atoms with Crippen molar-refractivity contribution < 1.29 is 5.11 Å². The lowest BCUT2D eigenvalue weighted by atomic mass is 10.2. The van der Waals surface area contributed by atoms with Gasteiger partial charge in [-0.2, -0.15) is 5.10 Å². The largest absolute Gasteiger partial charge is 0.385 e. The van der Waals surface area contributed by atoms with E-state index >= 15 is 0 Å². The Balaban J connectivity index is 1.90. The van der Waals surface area contributed by atoms with Crippen molar-refractivity contribution in [1.29, 1.82) is 0 Å². The molecule has 5 nitrogen and oxygen atoms in total. The molecule has 104 valence electrons. The number of imidazole rings is 1. The molecule has 0 spiro atoms. The fourth-order valence-corrected chi connectivity index (χ4v) is 2.52. The summed E-state index contributed by atoms with van der Waals surface area (Å²) in [7, 11) is 0. The molecule has 0 aliphatic heterocycles. The molecule has 0 bridgehead atoms. The number of fused-ring (bicyclic) bond motifs is 2. The molecule has 0 amide bonds. The van der Waals surface area contributed by atoms with Crippen LogP contribution in [0, 0.1) is 0 Å². The van der Waals surface area contributed by atoms with Gasteiger partial charge in [-0.25, -0.2) is 9.67 Å². The van der Waals surface area contributed by atoms with Gasteiger partial charge in [-0.1, -0.05) is 18.2 Å². The van der Waals surface area contributed by atoms with Crippen LogP contribution in [0.4, 0.5) is 0 Å². The first kappa shape index (κ1) is 12.1. The summed E-state index contributed by atoms with van der Waals surface area (Å²) in [6.07, 6.45) is 1.25. The Morgan fingerprint density at radius 3 is 2.90 bits per heavy atom. The zero-order valence-corrected chi connectivity index (χ0v) is 11.5. The summed E-state index contributed by atoms with van der Waals surface area (Å²) < 4.78 is 1.90. The summed E-state index contributed by atoms with van der Waals surface area (Å²) in [5.41, 5.74) is 3.76. The van der Waals surface area contributed by atoms with Gasteiger partial charge in [0.25, 0.3) is 0 Å². The number of benzene rings is 2. The molecule has 0 saturated carbocycles. The molecule has 0 aliphatic carbocycles. The van der Waals surface area contributed by atoms with Crippen LogP contribution in [0.2, 0.25) is 0 Å². The number of hydrogen-bond acceptors (Lipinski definition) is 3. The monoisotopic (exact) mass is 278 g/mol. The van der Waals surface area contributed by atoms with Gasteiger partial charge in [0.2, 0.25) is 0 Å². The van der Waals surface area contributed by atoms with Gasteiger partial charge in [0.05, 0.1) is 28.4 Å². The minimum absolute atomic E-state index is 0.576. The predicted molar refractivity (Wildman–Crippen MR) is 81.4 cm³/mol. The number of hydrogen-bond donors (Lipinski definition) is 2. The number of aromatic amines is 1. The number of rotatable bonds is 2. The maximum absolute atomic E-state index is 9.61. The Bertz CT molecular complexity index is 936. The molecule has 2 aromatic heterocycles. The number of aliphatic hydroxyl groups excluding tert-OH is 1. The fraction of sp³-hybridized carbons (Fsp3) is 0.125. The van der Waals surface area contributed by atoms with Gasteiger partial charge in [-0.15, -0.1) is 0 Å². The highest BCUT2D eigenvalue weighted by Gasteiger charge is 2.10. The fourth-order valence-electron chi connectivity index (χ4n) is 2.52. The first-order valence-electron chi connectivity index (χ1n) is 6.83. The minimum atomic E-state index is -0.605. The predicted octanol–water partition coefficient (Wildman–Crippen LogP) is 2.96. The Hall–Kier alpha value is -2.66. The van der Waals surface area contributed by atoms with Crippen LogP contribution >= 0.6 is 0 Å². The lowest BCUT2D eigenvalue weighted by Crippen LogP contribution is -1.95. The lowest BCUT2D eigenvalue weighted by Gasteiger charge is -2.03. The topological polar surface area (TPSA) is 66.7 Å². The Morgan fingerprint density at radius 2 is 2.05 bits per heavy atom. The van der Waals surface area contributed by atoms with Crippen LogP contribution in [0.3, 0.4) is 0 Å². The number of para-hydroxylation sites is 1. The van der Waals surface area contributed by atoms with E-state index in [4.69, 9.17) is 0 Å². The maximum Gasteiger partial charge on any atom is 0.135 e. The number of nitrogens with zero attached hydrogens (tertiary/aromatic N) is 3. The van der Waals surface area contributed by atoms with E-state index in [1.54, 1.807) is 6.92 Å². The van der Waals surface area contributed by atoms with Crippen LogP contribution in [0.5, 0.6) is 0 Å². The van der Waals surface area contributed by atoms with E-state index in [1.807, 2.05) is 53.3 Å². The highest BCUT2D eigenvalue weighted by molar-refractivity contribution is 5.82. The number of aromatic nitrogens is 4. The normalized spacial score (nSPS) is 13.0. The van der Waals surface area contributed by atoms with Gasteiger partial charge >= 0.3 is 0 Å². The second kappa shape index (κ2) is 4.43. The van der Waals surface area contributed by atoms with Gasteiger partial charge < -0.3 is 10.1 Å². The molecule has 5 heteroatoms. The van der Waals surface area contributed by atoms with Crippen LogP contribution < -0.4 is 0 Å². The van der Waals surface area contributed by atoms with Crippen molar-refractivity contribution in [2.45, 2.75) is 13.0 Å². The molecule has 21 heavy (non-hydrogen) atoms. The molecule has 4 aromatic rings. The Labute approximate surface area is 120 Å². The summed E-state index contributed by atoms with van der Waals surface area (Å²) in [6.45, 7) is 1.69. The van der Waals surface area contributed by atoms with Gasteiger partial charge in [0, 0.05) is 5.39 Å². The molecule has 1 atom stereocenters. The quantitative estimate of drug-likeness (QED) is 0.592. The number of aliphatic hydroxyl groups is 1. The van der Waals surface area contributed by atoms with E-state index in [2.05, 4.69) is 15.1 Å². The third kappa shape index (κ3) is 1.90. The van der Waals surface area contributed by atoms with Crippen molar-refractivity contribution in [3.05, 3.63) is 54.5 Å². The molecule has 2 aromatic carbocycles. The minimum Gasteiger partial charge on any atom is -0.385 e. The SMILES string of the molecule is CC(O)c1nc2ccc(-n3ncc4ccccc43)cc2[nH]1. The summed E-state index contributed by atoms with van der Waals surface area (Å²) in [5.74, 6) is 0.576. The van der Waals surface area contributed by atoms with E-state index in [0.717, 1.165) is 27.6 Å². The molecular weight excluding hydrogens is 264 g/mol. The first-order chi connectivity index (χ1) is 10.2. The van der Waals surface area contributed by atoms with Crippen molar-refractivity contribution in [2.24, 2.45) is 0 Å². The van der Waals surface area contributed by atoms with E-state index in [-0.39, 0.29) is 0 Å². The van der Waals surface area contributed by atoms with Gasteiger partial charge in [0.1, 0.15) is 11.9 Å². The molecule has 0 radical (unpaired) electrons. The summed E-state index contributed by atoms with van der Waals surface area (Å²) >= 11 is 0. The van der Waals surface area contributed by atoms with E-state index in [9.17, 15) is 5.11 Å². The highest BCUT2D eigenvalue weighted by Crippen LogP contribution is 2.22. The van der Waals surface area contributed by atoms with E-state index in [0.29, 0.717) is 5.82 Å². The van der Waals surface area contributed by atoms with Crippen molar-refractivity contribution in [1.82, 2.24) is 19.7 Å². The molecule has 2 heterocycles. The zero-order valence-electron chi connectivity index (χ0n) is 11.5. The standard InChI is InChI=1S/C16H14N4O/c1-10(21)16-18-13-7-6-12(8-14(13)19-16)20-15-5-3-2-4-11(15)9-17-20/h2-10,21H,1H3,(H,18,19).